The molecule has 0 aliphatic carbocycles. The summed E-state index contributed by atoms with van der Waals surface area (Å²) in [5, 5.41) is 3.29. The van der Waals surface area contributed by atoms with Gasteiger partial charge in [-0.1, -0.05) is 18.2 Å². The van der Waals surface area contributed by atoms with Crippen LogP contribution in [0.5, 0.6) is 0 Å². The van der Waals surface area contributed by atoms with Crippen molar-refractivity contribution in [2.24, 2.45) is 0 Å². The zero-order valence-corrected chi connectivity index (χ0v) is 11.3. The molecule has 1 nitrogen and oxygen atoms in total. The number of alkyl halides is 2. The van der Waals surface area contributed by atoms with Crippen LogP contribution in [0, 0.1) is 0 Å². The molecular weight excluding hydrogens is 240 g/mol. The van der Waals surface area contributed by atoms with Crippen LogP contribution < -0.4 is 5.32 Å². The Morgan fingerprint density at radius 1 is 1.35 bits per heavy atom. The van der Waals surface area contributed by atoms with E-state index >= 15 is 0 Å². The molecule has 0 fully saturated rings. The minimum Gasteiger partial charge on any atom is -0.311 e. The summed E-state index contributed by atoms with van der Waals surface area (Å²) >= 11 is 1.79. The third kappa shape index (κ3) is 5.04. The van der Waals surface area contributed by atoms with Gasteiger partial charge in [0, 0.05) is 23.4 Å². The lowest BCUT2D eigenvalue weighted by molar-refractivity contribution is 0.151. The Balaban J connectivity index is 2.50. The normalized spacial score (nSPS) is 12.1. The van der Waals surface area contributed by atoms with Crippen molar-refractivity contribution in [3.8, 4) is 0 Å². The van der Waals surface area contributed by atoms with E-state index in [9.17, 15) is 8.78 Å². The highest BCUT2D eigenvalue weighted by Gasteiger charge is 2.14. The second-order valence-corrected chi connectivity index (χ2v) is 6.13. The van der Waals surface area contributed by atoms with E-state index in [1.807, 2.05) is 6.07 Å². The van der Waals surface area contributed by atoms with Crippen LogP contribution in [0.4, 0.5) is 8.78 Å². The first-order valence-electron chi connectivity index (χ1n) is 5.57. The van der Waals surface area contributed by atoms with Gasteiger partial charge in [-0.3, -0.25) is 0 Å². The van der Waals surface area contributed by atoms with E-state index in [1.165, 1.54) is 6.07 Å². The first kappa shape index (κ1) is 14.5. The van der Waals surface area contributed by atoms with E-state index in [4.69, 9.17) is 0 Å². The van der Waals surface area contributed by atoms with Gasteiger partial charge < -0.3 is 5.32 Å². The van der Waals surface area contributed by atoms with Crippen molar-refractivity contribution in [3.63, 3.8) is 0 Å². The second kappa shape index (κ2) is 6.36. The van der Waals surface area contributed by atoms with Gasteiger partial charge in [-0.25, -0.2) is 8.78 Å². The number of thioether (sulfide) groups is 1. The molecule has 0 radical (unpaired) electrons. The molecule has 0 saturated heterocycles. The zero-order valence-electron chi connectivity index (χ0n) is 10.5. The molecule has 1 N–H and O–H groups in total. The van der Waals surface area contributed by atoms with Gasteiger partial charge in [-0.05, 0) is 31.7 Å². The Bertz CT molecular complexity index is 353. The van der Waals surface area contributed by atoms with E-state index in [-0.39, 0.29) is 10.3 Å². The highest BCUT2D eigenvalue weighted by molar-refractivity contribution is 7.99. The van der Waals surface area contributed by atoms with E-state index in [0.29, 0.717) is 6.54 Å². The van der Waals surface area contributed by atoms with E-state index in [1.54, 1.807) is 23.9 Å². The maximum absolute atomic E-state index is 12.5. The van der Waals surface area contributed by atoms with Crippen LogP contribution in [0.25, 0.3) is 0 Å². The first-order chi connectivity index (χ1) is 7.94. The third-order valence-corrected chi connectivity index (χ3v) is 3.88. The van der Waals surface area contributed by atoms with Crippen LogP contribution in [-0.4, -0.2) is 17.5 Å². The molecule has 4 heteroatoms. The van der Waals surface area contributed by atoms with Crippen LogP contribution >= 0.6 is 11.8 Å². The molecule has 0 bridgehead atoms. The SMILES string of the molecule is CSC(C)(C)CNCc1cccc(C(F)F)c1. The van der Waals surface area contributed by atoms with Crippen molar-refractivity contribution < 1.29 is 8.78 Å². The summed E-state index contributed by atoms with van der Waals surface area (Å²) in [6, 6.07) is 6.56. The Morgan fingerprint density at radius 3 is 2.65 bits per heavy atom. The van der Waals surface area contributed by atoms with E-state index < -0.39 is 6.43 Å². The quantitative estimate of drug-likeness (QED) is 0.832. The van der Waals surface area contributed by atoms with Crippen molar-refractivity contribution in [2.45, 2.75) is 31.6 Å². The Labute approximate surface area is 106 Å². The average Bonchev–Trinajstić information content (AvgIpc) is 2.29. The molecule has 96 valence electrons. The number of benzene rings is 1. The highest BCUT2D eigenvalue weighted by atomic mass is 32.2. The summed E-state index contributed by atoms with van der Waals surface area (Å²) in [6.45, 7) is 5.79. The van der Waals surface area contributed by atoms with E-state index in [2.05, 4.69) is 25.4 Å². The van der Waals surface area contributed by atoms with Crippen LogP contribution in [0.1, 0.15) is 31.4 Å². The van der Waals surface area contributed by atoms with Gasteiger partial charge in [0.05, 0.1) is 0 Å². The largest absolute Gasteiger partial charge is 0.311 e. The summed E-state index contributed by atoms with van der Waals surface area (Å²) in [5.41, 5.74) is 0.994. The molecule has 0 amide bonds. The average molecular weight is 259 g/mol. The second-order valence-electron chi connectivity index (χ2n) is 4.61. The van der Waals surface area contributed by atoms with Gasteiger partial charge in [0.1, 0.15) is 0 Å². The Hall–Kier alpha value is -0.610. The lowest BCUT2D eigenvalue weighted by Gasteiger charge is -2.22. The zero-order chi connectivity index (χ0) is 12.9. The molecule has 0 aromatic heterocycles. The van der Waals surface area contributed by atoms with Gasteiger partial charge in [0.15, 0.2) is 0 Å². The van der Waals surface area contributed by atoms with Crippen molar-refractivity contribution in [1.82, 2.24) is 5.32 Å². The molecule has 0 unspecified atom stereocenters. The van der Waals surface area contributed by atoms with Gasteiger partial charge >= 0.3 is 0 Å². The molecule has 0 aliphatic rings. The summed E-state index contributed by atoms with van der Waals surface area (Å²) in [7, 11) is 0. The predicted octanol–water partition coefficient (Wildman–Crippen LogP) is 3.86. The molecular formula is C13H19F2NS. The number of hydrogen-bond donors (Lipinski definition) is 1. The van der Waals surface area contributed by atoms with Crippen LogP contribution in [0.15, 0.2) is 24.3 Å². The maximum atomic E-state index is 12.5. The topological polar surface area (TPSA) is 12.0 Å². The molecule has 0 aliphatic heterocycles. The molecule has 0 saturated carbocycles. The first-order valence-corrected chi connectivity index (χ1v) is 6.80. The molecule has 1 aromatic carbocycles. The molecule has 0 spiro atoms. The lowest BCUT2D eigenvalue weighted by Crippen LogP contribution is -2.31. The number of hydrogen-bond acceptors (Lipinski definition) is 2. The number of halogens is 2. The third-order valence-electron chi connectivity index (χ3n) is 2.64. The van der Waals surface area contributed by atoms with Crippen molar-refractivity contribution in [1.29, 1.82) is 0 Å². The fraction of sp³-hybridized carbons (Fsp3) is 0.538. The van der Waals surface area contributed by atoms with Gasteiger partial charge in [0.25, 0.3) is 6.43 Å². The Kier molecular flexibility index (Phi) is 5.40. The molecule has 0 atom stereocenters. The molecule has 17 heavy (non-hydrogen) atoms. The van der Waals surface area contributed by atoms with Crippen molar-refractivity contribution in [3.05, 3.63) is 35.4 Å². The smallest absolute Gasteiger partial charge is 0.263 e. The van der Waals surface area contributed by atoms with E-state index in [0.717, 1.165) is 12.1 Å². The van der Waals surface area contributed by atoms with Crippen molar-refractivity contribution >= 4 is 11.8 Å². The van der Waals surface area contributed by atoms with Gasteiger partial charge in [0.2, 0.25) is 0 Å². The maximum Gasteiger partial charge on any atom is 0.263 e. The monoisotopic (exact) mass is 259 g/mol. The minimum absolute atomic E-state index is 0.0911. The highest BCUT2D eigenvalue weighted by Crippen LogP contribution is 2.21. The van der Waals surface area contributed by atoms with Crippen LogP contribution in [0.3, 0.4) is 0 Å². The summed E-state index contributed by atoms with van der Waals surface area (Å²) in [5.74, 6) is 0. The standard InChI is InChI=1S/C13H19F2NS/c1-13(2,17-3)9-16-8-10-5-4-6-11(7-10)12(14)15/h4-7,12,16H,8-9H2,1-3H3. The van der Waals surface area contributed by atoms with Gasteiger partial charge in [-0.15, -0.1) is 0 Å². The van der Waals surface area contributed by atoms with Crippen LogP contribution in [-0.2, 0) is 6.54 Å². The Morgan fingerprint density at radius 2 is 2.06 bits per heavy atom. The fourth-order valence-electron chi connectivity index (χ4n) is 1.42. The predicted molar refractivity (Wildman–Crippen MR) is 70.7 cm³/mol. The molecule has 1 rings (SSSR count). The lowest BCUT2D eigenvalue weighted by atomic mass is 10.1. The number of rotatable bonds is 6. The molecule has 0 heterocycles. The molecule has 1 aromatic rings. The van der Waals surface area contributed by atoms with Crippen LogP contribution in [0.2, 0.25) is 0 Å². The summed E-state index contributed by atoms with van der Waals surface area (Å²) in [4.78, 5) is 0. The summed E-state index contributed by atoms with van der Waals surface area (Å²) < 4.78 is 25.1. The number of nitrogens with one attached hydrogen (secondary N) is 1. The van der Waals surface area contributed by atoms with Crippen molar-refractivity contribution in [2.75, 3.05) is 12.8 Å². The summed E-state index contributed by atoms with van der Waals surface area (Å²) in [6.07, 6.45) is -0.323. The fourth-order valence-corrected chi connectivity index (χ4v) is 1.67. The minimum atomic E-state index is -2.39. The van der Waals surface area contributed by atoms with Gasteiger partial charge in [-0.2, -0.15) is 11.8 Å².